The molecule has 0 bridgehead atoms. The Morgan fingerprint density at radius 2 is 0.935 bits per heavy atom. The number of allylic oxidation sites excluding steroid dienone is 1. The molecule has 0 fully saturated rings. The van der Waals surface area contributed by atoms with Crippen LogP contribution in [0.3, 0.4) is 0 Å². The van der Waals surface area contributed by atoms with E-state index >= 15 is 0 Å². The van der Waals surface area contributed by atoms with Crippen LogP contribution in [0.1, 0.15) is 96.8 Å². The Labute approximate surface area is 187 Å². The summed E-state index contributed by atoms with van der Waals surface area (Å²) < 4.78 is -0.519. The topological polar surface area (TPSA) is 112 Å². The van der Waals surface area contributed by atoms with Gasteiger partial charge in [0.1, 0.15) is 0 Å². The Morgan fingerprint density at radius 3 is 1.29 bits per heavy atom. The minimum atomic E-state index is -1.20. The lowest BCUT2D eigenvalue weighted by molar-refractivity contribution is -0.902. The number of carboxylic acid groups (broad SMARTS) is 3. The Hall–Kier alpha value is -1.89. The lowest BCUT2D eigenvalue weighted by Crippen LogP contribution is -2.56. The molecule has 0 atom stereocenters. The van der Waals surface area contributed by atoms with Gasteiger partial charge in [0, 0.05) is 0 Å². The molecule has 3 N–H and O–H groups in total. The molecule has 0 aliphatic heterocycles. The average Bonchev–Trinajstić information content (AvgIpc) is 2.66. The largest absolute Gasteiger partial charge is 0.477 e. The summed E-state index contributed by atoms with van der Waals surface area (Å²) in [7, 11) is 0. The van der Waals surface area contributed by atoms with Gasteiger partial charge in [-0.3, -0.25) is 4.48 Å². The maximum atomic E-state index is 11.1. The van der Waals surface area contributed by atoms with Crippen LogP contribution >= 0.6 is 0 Å². The predicted molar refractivity (Wildman–Crippen MR) is 122 cm³/mol. The Bertz CT molecular complexity index is 491. The number of carbonyl (C=O) groups is 3. The van der Waals surface area contributed by atoms with E-state index in [-0.39, 0.29) is 6.54 Å². The molecule has 0 saturated heterocycles. The molecule has 0 heterocycles. The van der Waals surface area contributed by atoms with Crippen LogP contribution in [-0.2, 0) is 14.4 Å². The van der Waals surface area contributed by atoms with E-state index in [1.54, 1.807) is 6.08 Å². The van der Waals surface area contributed by atoms with E-state index in [0.717, 1.165) is 19.3 Å². The van der Waals surface area contributed by atoms with Gasteiger partial charge in [0.15, 0.2) is 19.6 Å². The highest BCUT2D eigenvalue weighted by atomic mass is 16.4. The van der Waals surface area contributed by atoms with Gasteiger partial charge in [-0.15, -0.1) is 0 Å². The van der Waals surface area contributed by atoms with Crippen LogP contribution in [-0.4, -0.2) is 63.9 Å². The van der Waals surface area contributed by atoms with Crippen molar-refractivity contribution >= 4 is 17.9 Å². The molecule has 0 aliphatic carbocycles. The van der Waals surface area contributed by atoms with Crippen LogP contribution in [0.4, 0.5) is 0 Å². The van der Waals surface area contributed by atoms with E-state index in [1.165, 1.54) is 70.6 Å². The highest BCUT2D eigenvalue weighted by Gasteiger charge is 2.34. The molecule has 7 heteroatoms. The number of nitrogens with zero attached hydrogens (tertiary/aromatic N) is 1. The normalized spacial score (nSPS) is 11.8. The average molecular weight is 443 g/mol. The summed E-state index contributed by atoms with van der Waals surface area (Å²) >= 11 is 0. The van der Waals surface area contributed by atoms with Crippen LogP contribution in [0.5, 0.6) is 0 Å². The highest BCUT2D eigenvalue weighted by molar-refractivity contribution is 5.73. The Kier molecular flexibility index (Phi) is 17.7. The molecular formula is C24H44NO6+. The van der Waals surface area contributed by atoms with Crippen LogP contribution in [0.25, 0.3) is 0 Å². The van der Waals surface area contributed by atoms with Crippen molar-refractivity contribution < 1.29 is 34.2 Å². The third-order valence-electron chi connectivity index (χ3n) is 5.55. The molecule has 0 aromatic carbocycles. The molecule has 0 aliphatic rings. The number of hydrogen-bond donors (Lipinski definition) is 3. The molecule has 0 amide bonds. The summed E-state index contributed by atoms with van der Waals surface area (Å²) in [4.78, 5) is 33.4. The molecule has 0 aromatic rings. The van der Waals surface area contributed by atoms with Gasteiger partial charge in [0.05, 0.1) is 6.54 Å². The van der Waals surface area contributed by atoms with Gasteiger partial charge in [0.25, 0.3) is 0 Å². The number of aliphatic carboxylic acids is 3. The lowest BCUT2D eigenvalue weighted by atomic mass is 10.0. The van der Waals surface area contributed by atoms with Crippen LogP contribution in [0.2, 0.25) is 0 Å². The first-order valence-electron chi connectivity index (χ1n) is 12.0. The first-order valence-corrected chi connectivity index (χ1v) is 12.0. The van der Waals surface area contributed by atoms with Gasteiger partial charge >= 0.3 is 17.9 Å². The van der Waals surface area contributed by atoms with Crippen molar-refractivity contribution in [2.24, 2.45) is 0 Å². The second-order valence-corrected chi connectivity index (χ2v) is 8.68. The standard InChI is InChI=1S/C24H43NO6/c1-2-3-4-5-6-7-8-9-10-11-12-13-14-15-16-17-18-25(19-22(26)27,20-23(28)29)21-24(30)31/h16-17H,2-15,18-21H2,1H3,(H2-,26,27,28,29,30,31)/p+1/b17-16+. The quantitative estimate of drug-likeness (QED) is 0.122. The molecule has 31 heavy (non-hydrogen) atoms. The van der Waals surface area contributed by atoms with Gasteiger partial charge in [-0.05, 0) is 18.9 Å². The molecule has 0 unspecified atom stereocenters. The van der Waals surface area contributed by atoms with Gasteiger partial charge < -0.3 is 15.3 Å². The monoisotopic (exact) mass is 442 g/mol. The maximum absolute atomic E-state index is 11.1. The number of unbranched alkanes of at least 4 members (excludes halogenated alkanes) is 13. The zero-order valence-corrected chi connectivity index (χ0v) is 19.4. The third kappa shape index (κ3) is 18.6. The fourth-order valence-corrected chi connectivity index (χ4v) is 3.92. The van der Waals surface area contributed by atoms with Gasteiger partial charge in [0.2, 0.25) is 0 Å². The van der Waals surface area contributed by atoms with E-state index in [9.17, 15) is 14.4 Å². The summed E-state index contributed by atoms with van der Waals surface area (Å²) in [6.45, 7) is 0.752. The molecule has 7 nitrogen and oxygen atoms in total. The molecule has 0 aromatic heterocycles. The number of rotatable bonds is 22. The fraction of sp³-hybridized carbons (Fsp3) is 0.792. The first-order chi connectivity index (χ1) is 14.8. The summed E-state index contributed by atoms with van der Waals surface area (Å²) in [5.41, 5.74) is 0. The molecule has 0 radical (unpaired) electrons. The Morgan fingerprint density at radius 1 is 0.581 bits per heavy atom. The van der Waals surface area contributed by atoms with E-state index in [0.29, 0.717) is 0 Å². The molecular weight excluding hydrogens is 398 g/mol. The maximum Gasteiger partial charge on any atom is 0.359 e. The molecule has 0 spiro atoms. The van der Waals surface area contributed by atoms with Crippen molar-refractivity contribution in [1.82, 2.24) is 0 Å². The van der Waals surface area contributed by atoms with Crippen LogP contribution < -0.4 is 0 Å². The van der Waals surface area contributed by atoms with Crippen molar-refractivity contribution in [3.63, 3.8) is 0 Å². The Balaban J connectivity index is 3.95. The van der Waals surface area contributed by atoms with Crippen molar-refractivity contribution in [3.05, 3.63) is 12.2 Å². The zero-order chi connectivity index (χ0) is 23.4. The van der Waals surface area contributed by atoms with Crippen LogP contribution in [0.15, 0.2) is 12.2 Å². The van der Waals surface area contributed by atoms with Gasteiger partial charge in [-0.25, -0.2) is 14.4 Å². The second kappa shape index (κ2) is 18.8. The van der Waals surface area contributed by atoms with Crippen molar-refractivity contribution in [1.29, 1.82) is 0 Å². The molecule has 180 valence electrons. The van der Waals surface area contributed by atoms with Crippen LogP contribution in [0, 0.1) is 0 Å². The van der Waals surface area contributed by atoms with Gasteiger partial charge in [-0.2, -0.15) is 0 Å². The number of quaternary nitrogens is 1. The molecule has 0 saturated carbocycles. The van der Waals surface area contributed by atoms with Crippen molar-refractivity contribution in [3.8, 4) is 0 Å². The number of carboxylic acids is 3. The predicted octanol–water partition coefficient (Wildman–Crippen LogP) is 5.09. The minimum Gasteiger partial charge on any atom is -0.477 e. The zero-order valence-electron chi connectivity index (χ0n) is 19.4. The summed E-state index contributed by atoms with van der Waals surface area (Å²) in [6.07, 6.45) is 21.2. The van der Waals surface area contributed by atoms with E-state index in [4.69, 9.17) is 15.3 Å². The summed E-state index contributed by atoms with van der Waals surface area (Å²) in [6, 6.07) is 0. The third-order valence-corrected chi connectivity index (χ3v) is 5.55. The fourth-order valence-electron chi connectivity index (χ4n) is 3.92. The number of hydrogen-bond acceptors (Lipinski definition) is 3. The summed E-state index contributed by atoms with van der Waals surface area (Å²) in [5.74, 6) is -3.60. The van der Waals surface area contributed by atoms with E-state index in [2.05, 4.69) is 6.92 Å². The SMILES string of the molecule is CCCCCCCCCCCCCCC/C=C/C[N+](CC(=O)O)(CC(=O)O)CC(=O)O. The smallest absolute Gasteiger partial charge is 0.359 e. The van der Waals surface area contributed by atoms with E-state index in [1.807, 2.05) is 6.08 Å². The second-order valence-electron chi connectivity index (χ2n) is 8.68. The first kappa shape index (κ1) is 29.1. The lowest BCUT2D eigenvalue weighted by Gasteiger charge is -2.33. The van der Waals surface area contributed by atoms with E-state index < -0.39 is 42.0 Å². The summed E-state index contributed by atoms with van der Waals surface area (Å²) in [5, 5.41) is 27.3. The van der Waals surface area contributed by atoms with Gasteiger partial charge in [-0.1, -0.05) is 90.0 Å². The van der Waals surface area contributed by atoms with Crippen molar-refractivity contribution in [2.75, 3.05) is 26.2 Å². The molecule has 0 rings (SSSR count). The minimum absolute atomic E-state index is 0.0867. The van der Waals surface area contributed by atoms with Crippen molar-refractivity contribution in [2.45, 2.75) is 96.8 Å². The highest BCUT2D eigenvalue weighted by Crippen LogP contribution is 2.13.